The fraction of sp³-hybridized carbons (Fsp3) is 0.0833. The number of ether oxygens (including phenoxy) is 2. The van der Waals surface area contributed by atoms with Crippen LogP contribution in [0, 0.1) is 15.9 Å². The summed E-state index contributed by atoms with van der Waals surface area (Å²) in [5.74, 6) is -3.86. The van der Waals surface area contributed by atoms with Gasteiger partial charge >= 0.3 is 17.8 Å². The minimum atomic E-state index is -1.14. The van der Waals surface area contributed by atoms with E-state index in [0.717, 1.165) is 6.07 Å². The van der Waals surface area contributed by atoms with Gasteiger partial charge in [0.2, 0.25) is 0 Å². The molecular weight excluding hydrogens is 555 g/mol. The quantitative estimate of drug-likeness (QED) is 0.107. The molecule has 0 unspecified atom stereocenters. The molecule has 0 atom stereocenters. The first kappa shape index (κ1) is 26.9. The number of esters is 1. The molecule has 0 radical (unpaired) electrons. The fourth-order valence-corrected chi connectivity index (χ4v) is 3.29. The zero-order valence-corrected chi connectivity index (χ0v) is 20.9. The maximum atomic E-state index is 13.9. The van der Waals surface area contributed by atoms with Crippen LogP contribution in [-0.2, 0) is 9.59 Å². The molecule has 0 saturated carbocycles. The number of nitro groups is 1. The molecule has 0 saturated heterocycles. The van der Waals surface area contributed by atoms with Crippen LogP contribution >= 0.6 is 15.9 Å². The molecule has 13 heteroatoms. The molecule has 0 aliphatic rings. The van der Waals surface area contributed by atoms with E-state index in [1.165, 1.54) is 68.6 Å². The molecule has 11 nitrogen and oxygen atoms in total. The highest BCUT2D eigenvalue weighted by atomic mass is 79.9. The minimum absolute atomic E-state index is 0.0119. The molecular formula is C24H18BrFN4O7. The largest absolute Gasteiger partial charge is 0.493 e. The smallest absolute Gasteiger partial charge is 0.350 e. The van der Waals surface area contributed by atoms with Crippen LogP contribution in [0.1, 0.15) is 22.8 Å². The van der Waals surface area contributed by atoms with Crippen molar-refractivity contribution >= 4 is 50.8 Å². The van der Waals surface area contributed by atoms with Gasteiger partial charge in [-0.05, 0) is 49.4 Å². The zero-order chi connectivity index (χ0) is 27.1. The maximum absolute atomic E-state index is 13.9. The number of nitrogens with one attached hydrogen (secondary N) is 2. The molecule has 3 rings (SSSR count). The molecule has 0 fully saturated rings. The van der Waals surface area contributed by atoms with Crippen molar-refractivity contribution in [2.75, 3.05) is 12.4 Å². The summed E-state index contributed by atoms with van der Waals surface area (Å²) in [6, 6.07) is 13.6. The third-order valence-electron chi connectivity index (χ3n) is 4.82. The van der Waals surface area contributed by atoms with Gasteiger partial charge in [0, 0.05) is 16.1 Å². The molecule has 0 aliphatic heterocycles. The van der Waals surface area contributed by atoms with Crippen molar-refractivity contribution in [3.8, 4) is 11.5 Å². The Morgan fingerprint density at radius 1 is 1.03 bits per heavy atom. The van der Waals surface area contributed by atoms with Crippen molar-refractivity contribution in [3.05, 3.63) is 92.2 Å². The molecule has 0 bridgehead atoms. The molecule has 0 aromatic heterocycles. The lowest BCUT2D eigenvalue weighted by molar-refractivity contribution is -0.385. The number of benzene rings is 3. The monoisotopic (exact) mass is 572 g/mol. The van der Waals surface area contributed by atoms with E-state index in [1.54, 1.807) is 0 Å². The highest BCUT2D eigenvalue weighted by molar-refractivity contribution is 9.10. The molecule has 0 aliphatic carbocycles. The predicted octanol–water partition coefficient (Wildman–Crippen LogP) is 4.20. The summed E-state index contributed by atoms with van der Waals surface area (Å²) in [7, 11) is 1.32. The topological polar surface area (TPSA) is 149 Å². The number of nitrogens with zero attached hydrogens (tertiary/aromatic N) is 2. The van der Waals surface area contributed by atoms with E-state index in [-0.39, 0.29) is 28.5 Å². The first-order valence-corrected chi connectivity index (χ1v) is 11.1. The number of rotatable bonds is 7. The second kappa shape index (κ2) is 11.9. The van der Waals surface area contributed by atoms with Gasteiger partial charge in [0.05, 0.1) is 23.4 Å². The second-order valence-corrected chi connectivity index (χ2v) is 8.16. The number of hydrazone groups is 1. The van der Waals surface area contributed by atoms with Crippen LogP contribution in [0.5, 0.6) is 11.5 Å². The van der Waals surface area contributed by atoms with E-state index in [9.17, 15) is 28.9 Å². The Balaban J connectivity index is 1.70. The normalized spacial score (nSPS) is 10.9. The lowest BCUT2D eigenvalue weighted by Crippen LogP contribution is -2.33. The van der Waals surface area contributed by atoms with E-state index in [1.807, 2.05) is 0 Å². The summed E-state index contributed by atoms with van der Waals surface area (Å²) in [6.07, 6.45) is 0. The first-order chi connectivity index (χ1) is 17.6. The molecule has 37 heavy (non-hydrogen) atoms. The average Bonchev–Trinajstić information content (AvgIpc) is 2.88. The highest BCUT2D eigenvalue weighted by Crippen LogP contribution is 2.30. The van der Waals surface area contributed by atoms with Crippen molar-refractivity contribution in [2.24, 2.45) is 5.10 Å². The third kappa shape index (κ3) is 6.73. The van der Waals surface area contributed by atoms with Gasteiger partial charge in [0.25, 0.3) is 5.69 Å². The maximum Gasteiger partial charge on any atom is 0.350 e. The summed E-state index contributed by atoms with van der Waals surface area (Å²) in [5, 5.41) is 17.2. The molecule has 190 valence electrons. The Labute approximate surface area is 217 Å². The Hall–Kier alpha value is -4.65. The van der Waals surface area contributed by atoms with Crippen molar-refractivity contribution in [2.45, 2.75) is 6.92 Å². The number of halogens is 2. The lowest BCUT2D eigenvalue weighted by atomic mass is 10.1. The Bertz CT molecular complexity index is 1430. The Morgan fingerprint density at radius 3 is 2.43 bits per heavy atom. The molecule has 2 N–H and O–H groups in total. The minimum Gasteiger partial charge on any atom is -0.493 e. The standard InChI is InChI=1S/C24H18BrFN4O7/c1-13(28-29-23(32)22(31)27-18-9-8-15(25)12-17(18)26)14-7-10-20(21(11-14)36-2)37-24(33)16-5-3-4-6-19(16)30(34)35/h3-12H,1-2H3,(H,27,31)(H,29,32)/b28-13+. The summed E-state index contributed by atoms with van der Waals surface area (Å²) < 4.78 is 24.9. The van der Waals surface area contributed by atoms with Crippen LogP contribution < -0.4 is 20.2 Å². The number of carbonyl (C=O) groups is 3. The van der Waals surface area contributed by atoms with Gasteiger partial charge in [-0.25, -0.2) is 14.6 Å². The Kier molecular flexibility index (Phi) is 8.64. The molecule has 0 spiro atoms. The van der Waals surface area contributed by atoms with Crippen molar-refractivity contribution in [3.63, 3.8) is 0 Å². The van der Waals surface area contributed by atoms with Crippen LogP contribution in [-0.4, -0.2) is 35.5 Å². The lowest BCUT2D eigenvalue weighted by Gasteiger charge is -2.11. The number of nitro benzene ring substituents is 1. The number of anilines is 1. The van der Waals surface area contributed by atoms with Crippen LogP contribution in [0.4, 0.5) is 15.8 Å². The predicted molar refractivity (Wildman–Crippen MR) is 134 cm³/mol. The van der Waals surface area contributed by atoms with Crippen molar-refractivity contribution < 1.29 is 33.2 Å². The van der Waals surface area contributed by atoms with Gasteiger partial charge in [0.15, 0.2) is 11.5 Å². The third-order valence-corrected chi connectivity index (χ3v) is 5.31. The highest BCUT2D eigenvalue weighted by Gasteiger charge is 2.22. The molecule has 2 amide bonds. The van der Waals surface area contributed by atoms with Gasteiger partial charge in [-0.3, -0.25) is 19.7 Å². The Morgan fingerprint density at radius 2 is 1.76 bits per heavy atom. The number of methoxy groups -OCH3 is 1. The van der Waals surface area contributed by atoms with E-state index in [2.05, 4.69) is 31.8 Å². The van der Waals surface area contributed by atoms with E-state index in [0.29, 0.717) is 10.0 Å². The SMILES string of the molecule is COc1cc(/C(C)=N/NC(=O)C(=O)Nc2ccc(Br)cc2F)ccc1OC(=O)c1ccccc1[N+](=O)[O-]. The summed E-state index contributed by atoms with van der Waals surface area (Å²) >= 11 is 3.09. The van der Waals surface area contributed by atoms with Gasteiger partial charge in [-0.2, -0.15) is 5.10 Å². The number of para-hydroxylation sites is 1. The number of hydrogen-bond acceptors (Lipinski definition) is 8. The summed E-state index contributed by atoms with van der Waals surface area (Å²) in [4.78, 5) is 47.1. The van der Waals surface area contributed by atoms with E-state index in [4.69, 9.17) is 9.47 Å². The molecule has 3 aromatic rings. The van der Waals surface area contributed by atoms with Crippen LogP contribution in [0.15, 0.2) is 70.2 Å². The number of amides is 2. The first-order valence-electron chi connectivity index (χ1n) is 10.4. The average molecular weight is 573 g/mol. The summed E-state index contributed by atoms with van der Waals surface area (Å²) in [5.41, 5.74) is 1.93. The number of hydrogen-bond donors (Lipinski definition) is 2. The van der Waals surface area contributed by atoms with Gasteiger partial charge in [-0.15, -0.1) is 0 Å². The van der Waals surface area contributed by atoms with Crippen LogP contribution in [0.2, 0.25) is 0 Å². The van der Waals surface area contributed by atoms with E-state index < -0.39 is 34.2 Å². The zero-order valence-electron chi connectivity index (χ0n) is 19.3. The van der Waals surface area contributed by atoms with Gasteiger partial charge in [0.1, 0.15) is 11.4 Å². The van der Waals surface area contributed by atoms with Crippen LogP contribution in [0.25, 0.3) is 0 Å². The fourth-order valence-electron chi connectivity index (χ4n) is 2.96. The van der Waals surface area contributed by atoms with Crippen molar-refractivity contribution in [1.82, 2.24) is 5.43 Å². The number of carbonyl (C=O) groups excluding carboxylic acids is 3. The van der Waals surface area contributed by atoms with Gasteiger partial charge in [-0.1, -0.05) is 28.1 Å². The summed E-state index contributed by atoms with van der Waals surface area (Å²) in [6.45, 7) is 1.53. The molecule has 3 aromatic carbocycles. The van der Waals surface area contributed by atoms with Gasteiger partial charge < -0.3 is 14.8 Å². The molecule has 0 heterocycles. The second-order valence-electron chi connectivity index (χ2n) is 7.25. The van der Waals surface area contributed by atoms with Crippen molar-refractivity contribution in [1.29, 1.82) is 0 Å². The van der Waals surface area contributed by atoms with Crippen LogP contribution in [0.3, 0.4) is 0 Å². The van der Waals surface area contributed by atoms with E-state index >= 15 is 0 Å².